The van der Waals surface area contributed by atoms with Gasteiger partial charge in [-0.05, 0) is 25.1 Å². The molecule has 0 aromatic heterocycles. The minimum absolute atomic E-state index is 0.0873. The van der Waals surface area contributed by atoms with E-state index in [2.05, 4.69) is 16.3 Å². The lowest BCUT2D eigenvalue weighted by Gasteiger charge is -2.26. The van der Waals surface area contributed by atoms with Gasteiger partial charge in [0.15, 0.2) is 0 Å². The van der Waals surface area contributed by atoms with Crippen LogP contribution in [-0.4, -0.2) is 37.4 Å². The van der Waals surface area contributed by atoms with E-state index in [1.54, 1.807) is 0 Å². The molecule has 1 aliphatic rings. The van der Waals surface area contributed by atoms with Gasteiger partial charge in [0.2, 0.25) is 0 Å². The summed E-state index contributed by atoms with van der Waals surface area (Å²) < 4.78 is 0. The number of aliphatic hydroxyl groups is 1. The number of para-hydroxylation sites is 1. The van der Waals surface area contributed by atoms with E-state index in [1.807, 2.05) is 24.3 Å². The Morgan fingerprint density at radius 1 is 1.47 bits per heavy atom. The fourth-order valence-electron chi connectivity index (χ4n) is 2.18. The van der Waals surface area contributed by atoms with Crippen LogP contribution < -0.4 is 10.2 Å². The topological polar surface area (TPSA) is 59.3 Å². The maximum absolute atomic E-state index is 9.25. The molecule has 4 nitrogen and oxygen atoms in total. The highest BCUT2D eigenvalue weighted by atomic mass is 16.3. The van der Waals surface area contributed by atoms with Crippen LogP contribution in [0.5, 0.6) is 0 Å². The summed E-state index contributed by atoms with van der Waals surface area (Å²) in [6.07, 6.45) is 1.02. The molecule has 2 rings (SSSR count). The Labute approximate surface area is 101 Å². The second-order valence-electron chi connectivity index (χ2n) is 4.26. The summed E-state index contributed by atoms with van der Waals surface area (Å²) in [5, 5.41) is 21.6. The van der Waals surface area contributed by atoms with Crippen molar-refractivity contribution in [3.63, 3.8) is 0 Å². The predicted molar refractivity (Wildman–Crippen MR) is 66.9 cm³/mol. The largest absolute Gasteiger partial charge is 0.395 e. The molecule has 1 heterocycles. The maximum atomic E-state index is 9.25. The molecular weight excluding hydrogens is 214 g/mol. The zero-order chi connectivity index (χ0) is 12.1. The lowest BCUT2D eigenvalue weighted by atomic mass is 10.1. The summed E-state index contributed by atoms with van der Waals surface area (Å²) in [5.74, 6) is 0. The Hall–Kier alpha value is -1.57. The first-order valence-corrected chi connectivity index (χ1v) is 5.93. The van der Waals surface area contributed by atoms with Gasteiger partial charge in [-0.3, -0.25) is 0 Å². The van der Waals surface area contributed by atoms with Crippen LogP contribution in [0.25, 0.3) is 0 Å². The number of hydrogen-bond donors (Lipinski definition) is 2. The molecule has 1 aromatic rings. The zero-order valence-electron chi connectivity index (χ0n) is 9.76. The predicted octanol–water partition coefficient (Wildman–Crippen LogP) is 0.719. The van der Waals surface area contributed by atoms with Gasteiger partial charge in [0.1, 0.15) is 6.07 Å². The maximum Gasteiger partial charge on any atom is 0.101 e. The van der Waals surface area contributed by atoms with Gasteiger partial charge in [-0.2, -0.15) is 5.26 Å². The quantitative estimate of drug-likeness (QED) is 0.787. The van der Waals surface area contributed by atoms with Gasteiger partial charge in [0.05, 0.1) is 17.9 Å². The van der Waals surface area contributed by atoms with Crippen molar-refractivity contribution in [1.29, 1.82) is 5.26 Å². The lowest BCUT2D eigenvalue weighted by molar-refractivity contribution is 0.248. The molecule has 0 saturated carbocycles. The highest BCUT2D eigenvalue weighted by Gasteiger charge is 2.18. The number of nitriles is 1. The summed E-state index contributed by atoms with van der Waals surface area (Å²) in [6, 6.07) is 9.94. The summed E-state index contributed by atoms with van der Waals surface area (Å²) >= 11 is 0. The van der Waals surface area contributed by atoms with Crippen LogP contribution in [-0.2, 0) is 0 Å². The van der Waals surface area contributed by atoms with Gasteiger partial charge in [-0.25, -0.2) is 0 Å². The third-order valence-corrected chi connectivity index (χ3v) is 3.06. The molecular formula is C13H17N3O. The van der Waals surface area contributed by atoms with Gasteiger partial charge < -0.3 is 15.3 Å². The highest BCUT2D eigenvalue weighted by molar-refractivity contribution is 5.59. The number of benzene rings is 1. The number of anilines is 1. The van der Waals surface area contributed by atoms with Crippen molar-refractivity contribution in [3.8, 4) is 6.07 Å². The van der Waals surface area contributed by atoms with Crippen molar-refractivity contribution in [3.05, 3.63) is 29.8 Å². The fourth-order valence-corrected chi connectivity index (χ4v) is 2.18. The lowest BCUT2D eigenvalue weighted by Crippen LogP contribution is -2.40. The molecule has 2 N–H and O–H groups in total. The summed E-state index contributed by atoms with van der Waals surface area (Å²) in [6.45, 7) is 2.71. The second-order valence-corrected chi connectivity index (χ2v) is 4.26. The molecule has 1 aromatic carbocycles. The second kappa shape index (κ2) is 5.67. The average Bonchev–Trinajstić information content (AvgIpc) is 2.64. The Morgan fingerprint density at radius 2 is 2.29 bits per heavy atom. The molecule has 4 heteroatoms. The first-order chi connectivity index (χ1) is 8.35. The van der Waals surface area contributed by atoms with Crippen molar-refractivity contribution < 1.29 is 5.11 Å². The van der Waals surface area contributed by atoms with E-state index in [9.17, 15) is 5.11 Å². The Bertz CT molecular complexity index is 413. The van der Waals surface area contributed by atoms with Crippen molar-refractivity contribution in [2.24, 2.45) is 0 Å². The molecule has 0 spiro atoms. The first kappa shape index (κ1) is 11.9. The van der Waals surface area contributed by atoms with Crippen LogP contribution in [0.3, 0.4) is 0 Å². The summed E-state index contributed by atoms with van der Waals surface area (Å²) in [4.78, 5) is 2.18. The molecule has 1 unspecified atom stereocenters. The Kier molecular flexibility index (Phi) is 3.97. The smallest absolute Gasteiger partial charge is 0.101 e. The van der Waals surface area contributed by atoms with Crippen LogP contribution in [0.2, 0.25) is 0 Å². The van der Waals surface area contributed by atoms with Crippen LogP contribution in [0.15, 0.2) is 24.3 Å². The van der Waals surface area contributed by atoms with E-state index in [0.29, 0.717) is 5.56 Å². The van der Waals surface area contributed by atoms with E-state index >= 15 is 0 Å². The van der Waals surface area contributed by atoms with E-state index < -0.39 is 0 Å². The molecule has 0 aliphatic carbocycles. The number of nitrogens with one attached hydrogen (secondary N) is 1. The summed E-state index contributed by atoms with van der Waals surface area (Å²) in [5.41, 5.74) is 1.67. The van der Waals surface area contributed by atoms with Crippen LogP contribution in [0, 0.1) is 11.3 Å². The van der Waals surface area contributed by atoms with Gasteiger partial charge in [-0.15, -0.1) is 0 Å². The zero-order valence-corrected chi connectivity index (χ0v) is 9.76. The van der Waals surface area contributed by atoms with Crippen molar-refractivity contribution in [1.82, 2.24) is 5.32 Å². The molecule has 1 fully saturated rings. The fraction of sp³-hybridized carbons (Fsp3) is 0.462. The molecule has 0 radical (unpaired) electrons. The molecule has 1 atom stereocenters. The molecule has 90 valence electrons. The van der Waals surface area contributed by atoms with Crippen molar-refractivity contribution in [2.45, 2.75) is 12.5 Å². The number of rotatable bonds is 2. The average molecular weight is 231 g/mol. The van der Waals surface area contributed by atoms with Crippen molar-refractivity contribution >= 4 is 5.69 Å². The molecule has 1 aliphatic heterocycles. The minimum atomic E-state index is 0.0873. The number of aliphatic hydroxyl groups excluding tert-OH is 1. The monoisotopic (exact) mass is 231 g/mol. The van der Waals surface area contributed by atoms with Crippen LogP contribution in [0.1, 0.15) is 12.0 Å². The van der Waals surface area contributed by atoms with Crippen LogP contribution >= 0.6 is 0 Å². The SMILES string of the molecule is N#Cc1ccccc1N1CCCNC(CO)C1. The van der Waals surface area contributed by atoms with Crippen molar-refractivity contribution in [2.75, 3.05) is 31.1 Å². The van der Waals surface area contributed by atoms with E-state index in [-0.39, 0.29) is 12.6 Å². The number of hydrogen-bond acceptors (Lipinski definition) is 4. The third-order valence-electron chi connectivity index (χ3n) is 3.06. The van der Waals surface area contributed by atoms with E-state index in [1.165, 1.54) is 0 Å². The summed E-state index contributed by atoms with van der Waals surface area (Å²) in [7, 11) is 0. The third kappa shape index (κ3) is 2.76. The van der Waals surface area contributed by atoms with E-state index in [4.69, 9.17) is 5.26 Å². The molecule has 0 bridgehead atoms. The molecule has 0 amide bonds. The van der Waals surface area contributed by atoms with E-state index in [0.717, 1.165) is 31.7 Å². The van der Waals surface area contributed by atoms with Gasteiger partial charge in [0.25, 0.3) is 0 Å². The van der Waals surface area contributed by atoms with Gasteiger partial charge in [-0.1, -0.05) is 12.1 Å². The van der Waals surface area contributed by atoms with Crippen LogP contribution in [0.4, 0.5) is 5.69 Å². The Morgan fingerprint density at radius 3 is 3.06 bits per heavy atom. The standard InChI is InChI=1S/C13H17N3O/c14-8-11-4-1-2-5-13(11)16-7-3-6-15-12(9-16)10-17/h1-2,4-5,12,15,17H,3,6-7,9-10H2. The normalized spacial score (nSPS) is 20.7. The minimum Gasteiger partial charge on any atom is -0.395 e. The molecule has 1 saturated heterocycles. The Balaban J connectivity index is 2.22. The van der Waals surface area contributed by atoms with Gasteiger partial charge in [0, 0.05) is 19.1 Å². The highest BCUT2D eigenvalue weighted by Crippen LogP contribution is 2.20. The first-order valence-electron chi connectivity index (χ1n) is 5.93. The van der Waals surface area contributed by atoms with Gasteiger partial charge >= 0.3 is 0 Å². The number of nitrogens with zero attached hydrogens (tertiary/aromatic N) is 2. The molecule has 17 heavy (non-hydrogen) atoms.